The summed E-state index contributed by atoms with van der Waals surface area (Å²) in [5.74, 6) is 0. The maximum Gasteiger partial charge on any atom is 0.466 e. The van der Waals surface area contributed by atoms with E-state index in [2.05, 4.69) is 15.0 Å². The lowest BCUT2D eigenvalue weighted by atomic mass is 10.3. The van der Waals surface area contributed by atoms with Crippen molar-refractivity contribution in [2.24, 2.45) is 15.0 Å². The molecule has 0 aromatic heterocycles. The number of hydrogen-bond acceptors (Lipinski definition) is 9. The Bertz CT molecular complexity index is 1210. The van der Waals surface area contributed by atoms with Gasteiger partial charge in [-0.25, -0.2) is 28.1 Å². The van der Waals surface area contributed by atoms with E-state index in [1.165, 1.54) is 18.2 Å². The van der Waals surface area contributed by atoms with Crippen molar-refractivity contribution in [2.45, 2.75) is 0 Å². The van der Waals surface area contributed by atoms with E-state index in [-0.39, 0.29) is 0 Å². The molecule has 0 spiro atoms. The molecule has 0 saturated heterocycles. The van der Waals surface area contributed by atoms with E-state index in [0.29, 0.717) is 17.1 Å². The molecule has 0 unspecified atom stereocenters. The smallest absolute Gasteiger partial charge is 0.303 e. The Morgan fingerprint density at radius 3 is 0.643 bits per heavy atom. The van der Waals surface area contributed by atoms with Crippen LogP contribution in [0.15, 0.2) is 106 Å². The van der Waals surface area contributed by atoms with Crippen molar-refractivity contribution in [3.05, 3.63) is 91.0 Å². The van der Waals surface area contributed by atoms with Crippen LogP contribution in [-0.4, -0.2) is 62.3 Å². The first-order valence-electron chi connectivity index (χ1n) is 10.0. The quantitative estimate of drug-likeness (QED) is 0.111. The summed E-state index contributed by atoms with van der Waals surface area (Å²) >= 11 is 0. The second kappa shape index (κ2) is 24.9. The van der Waals surface area contributed by atoms with Crippen LogP contribution in [0.5, 0.6) is 0 Å². The third kappa shape index (κ3) is 52.5. The standard InChI is InChI=1S/3C7H5NO.3H3O4P/c3*9-6-8-7-4-2-1-3-5-7;3*1-5(2,3)4/h3*1-5H;3*(H3,1,2,3,4). The second-order valence-electron chi connectivity index (χ2n) is 6.16. The van der Waals surface area contributed by atoms with Crippen LogP contribution in [0.4, 0.5) is 17.1 Å². The third-order valence-electron chi connectivity index (χ3n) is 2.79. The lowest BCUT2D eigenvalue weighted by molar-refractivity contribution is 0.272. The average Bonchev–Trinajstić information content (AvgIpc) is 2.85. The Balaban J connectivity index is -0.000000446. The molecule has 42 heavy (non-hydrogen) atoms. The van der Waals surface area contributed by atoms with Gasteiger partial charge >= 0.3 is 23.5 Å². The van der Waals surface area contributed by atoms with Gasteiger partial charge in [0, 0.05) is 0 Å². The predicted molar refractivity (Wildman–Crippen MR) is 145 cm³/mol. The zero-order chi connectivity index (χ0) is 33.1. The number of para-hydroxylation sites is 3. The van der Waals surface area contributed by atoms with Gasteiger partial charge in [-0.3, -0.25) is 0 Å². The highest BCUT2D eigenvalue weighted by Gasteiger charge is 2.01. The minimum Gasteiger partial charge on any atom is -0.303 e. The molecule has 228 valence electrons. The van der Waals surface area contributed by atoms with E-state index >= 15 is 0 Å². The van der Waals surface area contributed by atoms with Crippen LogP contribution < -0.4 is 0 Å². The monoisotopic (exact) mass is 651 g/mol. The summed E-state index contributed by atoms with van der Waals surface area (Å²) in [4.78, 5) is 104. The van der Waals surface area contributed by atoms with Crippen molar-refractivity contribution in [3.8, 4) is 0 Å². The topological polar surface area (TPSA) is 322 Å². The van der Waals surface area contributed by atoms with E-state index in [9.17, 15) is 14.4 Å². The number of phosphoric acid groups is 3. The fraction of sp³-hybridized carbons (Fsp3) is 0. The first-order valence-corrected chi connectivity index (χ1v) is 14.7. The molecule has 0 aliphatic carbocycles. The molecular weight excluding hydrogens is 627 g/mol. The van der Waals surface area contributed by atoms with Crippen LogP contribution in [0.2, 0.25) is 0 Å². The molecule has 3 aromatic rings. The van der Waals surface area contributed by atoms with Crippen molar-refractivity contribution in [3.63, 3.8) is 0 Å². The Kier molecular flexibility index (Phi) is 25.2. The molecule has 0 aliphatic rings. The van der Waals surface area contributed by atoms with Gasteiger partial charge in [0.15, 0.2) is 0 Å². The van der Waals surface area contributed by atoms with Crippen LogP contribution in [0.3, 0.4) is 0 Å². The molecule has 21 heteroatoms. The minimum atomic E-state index is -4.64. The zero-order valence-corrected chi connectivity index (χ0v) is 23.5. The molecule has 18 nitrogen and oxygen atoms in total. The second-order valence-corrected chi connectivity index (χ2v) is 9.24. The molecule has 0 amide bonds. The molecule has 0 atom stereocenters. The first kappa shape index (κ1) is 42.6. The maximum atomic E-state index is 9.68. The van der Waals surface area contributed by atoms with Gasteiger partial charge in [0.2, 0.25) is 18.2 Å². The van der Waals surface area contributed by atoms with E-state index < -0.39 is 23.5 Å². The largest absolute Gasteiger partial charge is 0.466 e. The number of benzene rings is 3. The molecule has 0 fully saturated rings. The summed E-state index contributed by atoms with van der Waals surface area (Å²) in [6.07, 6.45) is 4.38. The van der Waals surface area contributed by atoms with Crippen LogP contribution in [-0.2, 0) is 28.1 Å². The zero-order valence-electron chi connectivity index (χ0n) is 20.8. The fourth-order valence-corrected chi connectivity index (χ4v) is 1.67. The molecule has 0 radical (unpaired) electrons. The summed E-state index contributed by atoms with van der Waals surface area (Å²) in [6, 6.07) is 26.9. The molecule has 3 rings (SSSR count). The van der Waals surface area contributed by atoms with Gasteiger partial charge in [-0.15, -0.1) is 0 Å². The van der Waals surface area contributed by atoms with Gasteiger partial charge in [0.1, 0.15) is 0 Å². The van der Waals surface area contributed by atoms with Gasteiger partial charge in [0.05, 0.1) is 17.1 Å². The normalized spacial score (nSPS) is 9.36. The van der Waals surface area contributed by atoms with Gasteiger partial charge in [-0.05, 0) is 36.4 Å². The van der Waals surface area contributed by atoms with Gasteiger partial charge in [-0.1, -0.05) is 54.6 Å². The Labute approximate surface area is 237 Å². The van der Waals surface area contributed by atoms with Gasteiger partial charge in [-0.2, -0.15) is 15.0 Å². The highest BCUT2D eigenvalue weighted by atomic mass is 31.2. The number of rotatable bonds is 3. The highest BCUT2D eigenvalue weighted by molar-refractivity contribution is 7.45. The van der Waals surface area contributed by atoms with Crippen molar-refractivity contribution in [1.82, 2.24) is 0 Å². The number of hydrogen-bond donors (Lipinski definition) is 9. The summed E-state index contributed by atoms with van der Waals surface area (Å²) in [5.41, 5.74) is 1.94. The number of nitrogens with zero attached hydrogens (tertiary/aromatic N) is 3. The predicted octanol–water partition coefficient (Wildman–Crippen LogP) is 2.18. The van der Waals surface area contributed by atoms with Crippen molar-refractivity contribution in [1.29, 1.82) is 0 Å². The first-order chi connectivity index (χ1) is 19.3. The van der Waals surface area contributed by atoms with E-state index in [4.69, 9.17) is 57.7 Å². The summed E-state index contributed by atoms with van der Waals surface area (Å²) in [7, 11) is -13.9. The molecule has 3 aromatic carbocycles. The van der Waals surface area contributed by atoms with Crippen LogP contribution >= 0.6 is 23.5 Å². The molecule has 0 heterocycles. The summed E-state index contributed by atoms with van der Waals surface area (Å²) in [6.45, 7) is 0. The highest BCUT2D eigenvalue weighted by Crippen LogP contribution is 2.26. The van der Waals surface area contributed by atoms with Crippen LogP contribution in [0.25, 0.3) is 0 Å². The Hall–Kier alpha value is -3.87. The fourth-order valence-electron chi connectivity index (χ4n) is 1.67. The van der Waals surface area contributed by atoms with Crippen molar-refractivity contribution < 1.29 is 72.1 Å². The summed E-state index contributed by atoms with van der Waals surface area (Å²) < 4.78 is 26.6. The molecular formula is C21H24N3O15P3. The summed E-state index contributed by atoms with van der Waals surface area (Å²) in [5, 5.41) is 0. The Morgan fingerprint density at radius 2 is 0.524 bits per heavy atom. The SMILES string of the molecule is O=C=Nc1ccccc1.O=C=Nc1ccccc1.O=C=Nc1ccccc1.O=P(O)(O)O.O=P(O)(O)O.O=P(O)(O)O. The van der Waals surface area contributed by atoms with E-state index in [1.807, 2.05) is 54.6 Å². The molecule has 0 aliphatic heterocycles. The van der Waals surface area contributed by atoms with Gasteiger partial charge in [0.25, 0.3) is 0 Å². The minimum absolute atomic E-state index is 0.646. The van der Waals surface area contributed by atoms with Crippen LogP contribution in [0, 0.1) is 0 Å². The lowest BCUT2D eigenvalue weighted by Crippen LogP contribution is -1.66. The maximum absolute atomic E-state index is 9.68. The third-order valence-corrected chi connectivity index (χ3v) is 2.79. The lowest BCUT2D eigenvalue weighted by Gasteiger charge is -1.83. The molecule has 0 bridgehead atoms. The number of isocyanates is 3. The number of carbonyl (C=O) groups excluding carboxylic acids is 3. The van der Waals surface area contributed by atoms with Crippen molar-refractivity contribution >= 4 is 58.8 Å². The molecule has 0 saturated carbocycles. The van der Waals surface area contributed by atoms with Crippen LogP contribution in [0.1, 0.15) is 0 Å². The van der Waals surface area contributed by atoms with Crippen molar-refractivity contribution in [2.75, 3.05) is 0 Å². The van der Waals surface area contributed by atoms with Gasteiger partial charge < -0.3 is 44.0 Å². The number of aliphatic imine (C=N–C) groups is 3. The van der Waals surface area contributed by atoms with E-state index in [0.717, 1.165) is 0 Å². The van der Waals surface area contributed by atoms with E-state index in [1.54, 1.807) is 36.4 Å². The average molecular weight is 651 g/mol. The molecule has 9 N–H and O–H groups in total. The Morgan fingerprint density at radius 1 is 0.381 bits per heavy atom.